The van der Waals surface area contributed by atoms with Crippen LogP contribution in [0.1, 0.15) is 16.1 Å². The van der Waals surface area contributed by atoms with Crippen LogP contribution in [0.5, 0.6) is 5.75 Å². The lowest BCUT2D eigenvalue weighted by atomic mass is 9.95. The maximum atomic E-state index is 13.7. The molecule has 1 N–H and O–H groups in total. The van der Waals surface area contributed by atoms with Crippen molar-refractivity contribution in [3.63, 3.8) is 0 Å². The fourth-order valence-corrected chi connectivity index (χ4v) is 6.02. The Morgan fingerprint density at radius 3 is 2.53 bits per heavy atom. The summed E-state index contributed by atoms with van der Waals surface area (Å²) in [6, 6.07) is 20.4. The molecule has 0 bridgehead atoms. The van der Waals surface area contributed by atoms with Gasteiger partial charge in [-0.2, -0.15) is 0 Å². The van der Waals surface area contributed by atoms with Crippen molar-refractivity contribution in [1.29, 1.82) is 0 Å². The second-order valence-corrected chi connectivity index (χ2v) is 12.3. The van der Waals surface area contributed by atoms with Crippen LogP contribution in [0.2, 0.25) is 0 Å². The number of aromatic nitrogens is 2. The average molecular weight is 597 g/mol. The van der Waals surface area contributed by atoms with Crippen molar-refractivity contribution in [1.82, 2.24) is 14.7 Å². The Balaban J connectivity index is 1.49. The van der Waals surface area contributed by atoms with Gasteiger partial charge in [-0.1, -0.05) is 12.1 Å². The monoisotopic (exact) mass is 596 g/mol. The van der Waals surface area contributed by atoms with E-state index in [9.17, 15) is 17.6 Å². The van der Waals surface area contributed by atoms with Crippen molar-refractivity contribution < 1.29 is 26.8 Å². The first-order valence-corrected chi connectivity index (χ1v) is 15.2. The van der Waals surface area contributed by atoms with Gasteiger partial charge >= 0.3 is 0 Å². The van der Waals surface area contributed by atoms with Gasteiger partial charge in [-0.05, 0) is 60.2 Å². The number of furan rings is 1. The van der Waals surface area contributed by atoms with Crippen LogP contribution in [0.3, 0.4) is 0 Å². The molecule has 0 spiro atoms. The first-order valence-electron chi connectivity index (χ1n) is 13.4. The largest absolute Gasteiger partial charge is 0.487 e. The minimum atomic E-state index is -3.69. The van der Waals surface area contributed by atoms with Crippen LogP contribution < -0.4 is 14.4 Å². The Hall–Kier alpha value is -5.16. The van der Waals surface area contributed by atoms with E-state index in [0.29, 0.717) is 45.7 Å². The molecule has 7 rings (SSSR count). The molecule has 0 radical (unpaired) electrons. The van der Waals surface area contributed by atoms with Crippen LogP contribution in [0, 0.1) is 5.82 Å². The molecule has 0 unspecified atom stereocenters. The van der Waals surface area contributed by atoms with E-state index in [0.717, 1.165) is 28.9 Å². The molecule has 0 saturated heterocycles. The molecule has 6 aromatic rings. The third kappa shape index (κ3) is 4.31. The molecule has 0 atom stereocenters. The maximum Gasteiger partial charge on any atom is 0.255 e. The smallest absolute Gasteiger partial charge is 0.255 e. The minimum absolute atomic E-state index is 0.243. The standard InChI is InChI=1S/C32H25FN4O5S/c1-34-32(38)29-22-15-21(19-9-12-26-23(14-19)30-25(17-41-26)37-13-5-4-6-28(37)35-30)24(36(2)43(3,39)40)16-27(22)42-31(29)18-7-10-20(33)11-8-18/h4-16H,17H2,1-3H3,(H,34,38). The highest BCUT2D eigenvalue weighted by molar-refractivity contribution is 7.92. The normalized spacial score (nSPS) is 12.6. The number of sulfonamides is 1. The lowest BCUT2D eigenvalue weighted by Crippen LogP contribution is -2.25. The third-order valence-corrected chi connectivity index (χ3v) is 8.93. The number of halogens is 1. The molecule has 3 aromatic carbocycles. The number of benzene rings is 3. The zero-order valence-corrected chi connectivity index (χ0v) is 24.2. The summed E-state index contributed by atoms with van der Waals surface area (Å²) in [7, 11) is -0.714. The first-order chi connectivity index (χ1) is 20.6. The molecular formula is C32H25FN4O5S. The van der Waals surface area contributed by atoms with E-state index in [1.165, 1.54) is 42.7 Å². The molecule has 216 valence electrons. The van der Waals surface area contributed by atoms with E-state index in [1.54, 1.807) is 12.1 Å². The lowest BCUT2D eigenvalue weighted by molar-refractivity contribution is 0.0964. The number of amides is 1. The second-order valence-electron chi connectivity index (χ2n) is 10.3. The Morgan fingerprint density at radius 1 is 1.02 bits per heavy atom. The predicted octanol–water partition coefficient (Wildman–Crippen LogP) is 5.87. The highest BCUT2D eigenvalue weighted by atomic mass is 32.2. The van der Waals surface area contributed by atoms with Gasteiger partial charge in [-0.3, -0.25) is 13.5 Å². The summed E-state index contributed by atoms with van der Waals surface area (Å²) < 4.78 is 54.7. The number of hydrogen-bond donors (Lipinski definition) is 1. The minimum Gasteiger partial charge on any atom is -0.487 e. The average Bonchev–Trinajstić information content (AvgIpc) is 3.58. The van der Waals surface area contributed by atoms with Gasteiger partial charge in [0.2, 0.25) is 10.0 Å². The highest BCUT2D eigenvalue weighted by Crippen LogP contribution is 2.44. The lowest BCUT2D eigenvalue weighted by Gasteiger charge is -2.22. The van der Waals surface area contributed by atoms with Gasteiger partial charge in [0.25, 0.3) is 5.91 Å². The Morgan fingerprint density at radius 2 is 1.79 bits per heavy atom. The van der Waals surface area contributed by atoms with Gasteiger partial charge < -0.3 is 14.5 Å². The van der Waals surface area contributed by atoms with E-state index in [4.69, 9.17) is 14.1 Å². The van der Waals surface area contributed by atoms with Crippen LogP contribution in [0.15, 0.2) is 83.4 Å². The van der Waals surface area contributed by atoms with E-state index in [1.807, 2.05) is 47.0 Å². The van der Waals surface area contributed by atoms with Gasteiger partial charge in [0.15, 0.2) is 0 Å². The van der Waals surface area contributed by atoms with Crippen LogP contribution >= 0.6 is 0 Å². The number of rotatable bonds is 5. The van der Waals surface area contributed by atoms with E-state index < -0.39 is 21.7 Å². The zero-order chi connectivity index (χ0) is 30.0. The number of nitrogens with one attached hydrogen (secondary N) is 1. The summed E-state index contributed by atoms with van der Waals surface area (Å²) >= 11 is 0. The Labute approximate surface area is 246 Å². The molecule has 0 aliphatic carbocycles. The number of carbonyl (C=O) groups excluding carboxylic acids is 1. The number of imidazole rings is 1. The van der Waals surface area contributed by atoms with Crippen molar-refractivity contribution in [2.45, 2.75) is 6.61 Å². The SMILES string of the molecule is CNC(=O)c1c(-c2ccc(F)cc2)oc2cc(N(C)S(C)(=O)=O)c(-c3ccc4c(c3)-c3nc5ccccn5c3CO4)cc12. The Bertz CT molecular complexity index is 2200. The predicted molar refractivity (Wildman–Crippen MR) is 162 cm³/mol. The molecule has 11 heteroatoms. The van der Waals surface area contributed by atoms with Crippen LogP contribution in [-0.2, 0) is 16.6 Å². The molecule has 1 aliphatic rings. The number of ether oxygens (including phenoxy) is 1. The summed E-state index contributed by atoms with van der Waals surface area (Å²) in [5.74, 6) is 0.0756. The van der Waals surface area contributed by atoms with Crippen LogP contribution in [-0.4, -0.2) is 44.1 Å². The fraction of sp³-hybridized carbons (Fsp3) is 0.125. The van der Waals surface area contributed by atoms with E-state index in [-0.39, 0.29) is 11.3 Å². The molecule has 1 amide bonds. The van der Waals surface area contributed by atoms with Gasteiger partial charge in [0, 0.05) is 48.4 Å². The van der Waals surface area contributed by atoms with Crippen molar-refractivity contribution >= 4 is 38.2 Å². The van der Waals surface area contributed by atoms with Crippen molar-refractivity contribution in [2.24, 2.45) is 0 Å². The van der Waals surface area contributed by atoms with Gasteiger partial charge in [-0.25, -0.2) is 17.8 Å². The van der Waals surface area contributed by atoms with Crippen molar-refractivity contribution in [3.05, 3.63) is 96.1 Å². The number of hydrogen-bond acceptors (Lipinski definition) is 6. The summed E-state index contributed by atoms with van der Waals surface area (Å²) in [6.07, 6.45) is 3.05. The summed E-state index contributed by atoms with van der Waals surface area (Å²) in [6.45, 7) is 0.359. The number of pyridine rings is 1. The molecule has 0 fully saturated rings. The molecule has 1 aliphatic heterocycles. The van der Waals surface area contributed by atoms with Gasteiger partial charge in [0.05, 0.1) is 28.9 Å². The molecule has 9 nitrogen and oxygen atoms in total. The molecule has 43 heavy (non-hydrogen) atoms. The number of nitrogens with zero attached hydrogens (tertiary/aromatic N) is 3. The summed E-state index contributed by atoms with van der Waals surface area (Å²) in [4.78, 5) is 18.1. The first kappa shape index (κ1) is 26.7. The fourth-order valence-electron chi connectivity index (χ4n) is 5.51. The van der Waals surface area contributed by atoms with Crippen LogP contribution in [0.4, 0.5) is 10.1 Å². The van der Waals surface area contributed by atoms with Crippen molar-refractivity contribution in [3.8, 4) is 39.5 Å². The highest BCUT2D eigenvalue weighted by Gasteiger charge is 2.28. The third-order valence-electron chi connectivity index (χ3n) is 7.74. The molecular weight excluding hydrogens is 571 g/mol. The van der Waals surface area contributed by atoms with E-state index >= 15 is 0 Å². The number of carbonyl (C=O) groups is 1. The number of anilines is 1. The van der Waals surface area contributed by atoms with Crippen LogP contribution in [0.25, 0.3) is 50.3 Å². The summed E-state index contributed by atoms with van der Waals surface area (Å²) in [5, 5.41) is 3.13. The maximum absolute atomic E-state index is 13.7. The molecule has 4 heterocycles. The summed E-state index contributed by atoms with van der Waals surface area (Å²) in [5.41, 5.74) is 5.88. The Kier molecular flexibility index (Phi) is 6.03. The number of fused-ring (bicyclic) bond motifs is 6. The van der Waals surface area contributed by atoms with Crippen molar-refractivity contribution in [2.75, 3.05) is 24.7 Å². The van der Waals surface area contributed by atoms with Gasteiger partial charge in [-0.15, -0.1) is 0 Å². The molecule has 0 saturated carbocycles. The van der Waals surface area contributed by atoms with E-state index in [2.05, 4.69) is 5.32 Å². The molecule has 3 aromatic heterocycles. The topological polar surface area (TPSA) is 106 Å². The zero-order valence-electron chi connectivity index (χ0n) is 23.4. The van der Waals surface area contributed by atoms with Gasteiger partial charge in [0.1, 0.15) is 35.2 Å². The second kappa shape index (κ2) is 9.70. The quantitative estimate of drug-likeness (QED) is 0.267.